The molecule has 0 aromatic carbocycles. The van der Waals surface area contributed by atoms with E-state index in [2.05, 4.69) is 0 Å². The monoisotopic (exact) mass is 215 g/mol. The summed E-state index contributed by atoms with van der Waals surface area (Å²) in [7, 11) is 0. The van der Waals surface area contributed by atoms with Crippen molar-refractivity contribution in [3.63, 3.8) is 0 Å². The first kappa shape index (κ1) is 13.9. The largest absolute Gasteiger partial charge is 0.481 e. The van der Waals surface area contributed by atoms with Crippen LogP contribution in [0.3, 0.4) is 0 Å². The van der Waals surface area contributed by atoms with Crippen LogP contribution in [0.4, 0.5) is 0 Å². The van der Waals surface area contributed by atoms with E-state index in [0.29, 0.717) is 13.1 Å². The molecule has 0 aromatic rings. The molecule has 0 heterocycles. The summed E-state index contributed by atoms with van der Waals surface area (Å²) in [6.45, 7) is 10.1. The Morgan fingerprint density at radius 3 is 1.80 bits per heavy atom. The molecule has 1 N–H and O–H groups in total. The lowest BCUT2D eigenvalue weighted by Crippen LogP contribution is -2.45. The van der Waals surface area contributed by atoms with E-state index in [0.717, 1.165) is 0 Å². The second kappa shape index (κ2) is 5.14. The molecular formula is C11H21NO3. The number of carboxylic acids is 1. The molecule has 0 rings (SSSR count). The number of aliphatic carboxylic acids is 1. The van der Waals surface area contributed by atoms with E-state index in [9.17, 15) is 9.59 Å². The second-order valence-electron chi connectivity index (χ2n) is 4.65. The SMILES string of the molecule is CCN(CC)C(=O)C(C(=O)O)C(C)(C)C. The normalized spacial score (nSPS) is 13.4. The zero-order valence-electron chi connectivity index (χ0n) is 10.2. The minimum atomic E-state index is -1.04. The summed E-state index contributed by atoms with van der Waals surface area (Å²) in [4.78, 5) is 24.6. The molecule has 0 aromatic heterocycles. The van der Waals surface area contributed by atoms with Gasteiger partial charge in [0.2, 0.25) is 5.91 Å². The van der Waals surface area contributed by atoms with E-state index in [-0.39, 0.29) is 5.91 Å². The fraction of sp³-hybridized carbons (Fsp3) is 0.818. The molecule has 0 radical (unpaired) electrons. The zero-order chi connectivity index (χ0) is 12.2. The highest BCUT2D eigenvalue weighted by Gasteiger charge is 2.39. The fourth-order valence-corrected chi connectivity index (χ4v) is 1.56. The molecule has 1 atom stereocenters. The molecule has 4 nitrogen and oxygen atoms in total. The van der Waals surface area contributed by atoms with Crippen molar-refractivity contribution in [3.05, 3.63) is 0 Å². The summed E-state index contributed by atoms with van der Waals surface area (Å²) in [5.74, 6) is -2.29. The highest BCUT2D eigenvalue weighted by molar-refractivity contribution is 5.97. The van der Waals surface area contributed by atoms with Gasteiger partial charge in [0.05, 0.1) is 0 Å². The topological polar surface area (TPSA) is 57.6 Å². The number of rotatable bonds is 4. The molecule has 1 amide bonds. The Balaban J connectivity index is 4.95. The van der Waals surface area contributed by atoms with Crippen molar-refractivity contribution in [2.24, 2.45) is 11.3 Å². The summed E-state index contributed by atoms with van der Waals surface area (Å²) in [5.41, 5.74) is -0.550. The summed E-state index contributed by atoms with van der Waals surface area (Å²) < 4.78 is 0. The third-order valence-electron chi connectivity index (χ3n) is 2.44. The van der Waals surface area contributed by atoms with E-state index < -0.39 is 17.3 Å². The van der Waals surface area contributed by atoms with E-state index in [1.165, 1.54) is 0 Å². The van der Waals surface area contributed by atoms with Gasteiger partial charge in [-0.15, -0.1) is 0 Å². The Bertz CT molecular complexity index is 239. The molecule has 0 saturated heterocycles. The molecule has 0 aliphatic carbocycles. The highest BCUT2D eigenvalue weighted by Crippen LogP contribution is 2.27. The predicted molar refractivity (Wildman–Crippen MR) is 58.5 cm³/mol. The van der Waals surface area contributed by atoms with Crippen LogP contribution >= 0.6 is 0 Å². The van der Waals surface area contributed by atoms with Gasteiger partial charge in [-0.05, 0) is 19.3 Å². The third-order valence-corrected chi connectivity index (χ3v) is 2.44. The van der Waals surface area contributed by atoms with E-state index in [1.54, 1.807) is 25.7 Å². The van der Waals surface area contributed by atoms with E-state index in [4.69, 9.17) is 5.11 Å². The minimum Gasteiger partial charge on any atom is -0.481 e. The van der Waals surface area contributed by atoms with Crippen LogP contribution < -0.4 is 0 Å². The van der Waals surface area contributed by atoms with Crippen LogP contribution in [0, 0.1) is 11.3 Å². The summed E-state index contributed by atoms with van der Waals surface area (Å²) in [6.07, 6.45) is 0. The average molecular weight is 215 g/mol. The number of carbonyl (C=O) groups is 2. The molecule has 0 bridgehead atoms. The van der Waals surface area contributed by atoms with Crippen LogP contribution in [-0.2, 0) is 9.59 Å². The first-order valence-electron chi connectivity index (χ1n) is 5.27. The molecule has 1 unspecified atom stereocenters. The maximum absolute atomic E-state index is 11.9. The van der Waals surface area contributed by atoms with Gasteiger partial charge < -0.3 is 10.0 Å². The molecule has 0 fully saturated rings. The van der Waals surface area contributed by atoms with Gasteiger partial charge in [0.15, 0.2) is 0 Å². The van der Waals surface area contributed by atoms with Gasteiger partial charge >= 0.3 is 5.97 Å². The maximum Gasteiger partial charge on any atom is 0.316 e. The van der Waals surface area contributed by atoms with Gasteiger partial charge in [-0.25, -0.2) is 0 Å². The quantitative estimate of drug-likeness (QED) is 0.725. The first-order valence-corrected chi connectivity index (χ1v) is 5.27. The van der Waals surface area contributed by atoms with Gasteiger partial charge in [-0.2, -0.15) is 0 Å². The molecule has 0 spiro atoms. The molecule has 0 aliphatic heterocycles. The number of nitrogens with zero attached hydrogens (tertiary/aromatic N) is 1. The number of amides is 1. The molecule has 0 aliphatic rings. The lowest BCUT2D eigenvalue weighted by Gasteiger charge is -2.30. The Labute approximate surface area is 91.3 Å². The van der Waals surface area contributed by atoms with Crippen LogP contribution in [0.2, 0.25) is 0 Å². The highest BCUT2D eigenvalue weighted by atomic mass is 16.4. The number of carbonyl (C=O) groups excluding carboxylic acids is 1. The summed E-state index contributed by atoms with van der Waals surface area (Å²) in [5, 5.41) is 9.07. The maximum atomic E-state index is 11.9. The third kappa shape index (κ3) is 3.53. The predicted octanol–water partition coefficient (Wildman–Crippen LogP) is 1.60. The number of carboxylic acid groups (broad SMARTS) is 1. The molecule has 4 heteroatoms. The van der Waals surface area contributed by atoms with Crippen molar-refractivity contribution in [3.8, 4) is 0 Å². The fourth-order valence-electron chi connectivity index (χ4n) is 1.56. The molecule has 15 heavy (non-hydrogen) atoms. The number of hydrogen-bond acceptors (Lipinski definition) is 2. The summed E-state index contributed by atoms with van der Waals surface area (Å²) >= 11 is 0. The Hall–Kier alpha value is -1.06. The van der Waals surface area contributed by atoms with Crippen LogP contribution in [0.25, 0.3) is 0 Å². The van der Waals surface area contributed by atoms with Crippen molar-refractivity contribution >= 4 is 11.9 Å². The Kier molecular flexibility index (Phi) is 4.78. The van der Waals surface area contributed by atoms with Gasteiger partial charge in [-0.1, -0.05) is 20.8 Å². The van der Waals surface area contributed by atoms with Crippen LogP contribution in [0.15, 0.2) is 0 Å². The Morgan fingerprint density at radius 1 is 1.20 bits per heavy atom. The molecule has 0 saturated carbocycles. The molecular weight excluding hydrogens is 194 g/mol. The lowest BCUT2D eigenvalue weighted by atomic mass is 9.80. The van der Waals surface area contributed by atoms with Crippen LogP contribution in [0.1, 0.15) is 34.6 Å². The lowest BCUT2D eigenvalue weighted by molar-refractivity contribution is -0.155. The minimum absolute atomic E-state index is 0.292. The molecule has 88 valence electrons. The van der Waals surface area contributed by atoms with Crippen molar-refractivity contribution in [2.45, 2.75) is 34.6 Å². The zero-order valence-corrected chi connectivity index (χ0v) is 10.2. The average Bonchev–Trinajstić information content (AvgIpc) is 2.02. The van der Waals surface area contributed by atoms with Gasteiger partial charge in [0.25, 0.3) is 0 Å². The van der Waals surface area contributed by atoms with Gasteiger partial charge in [0.1, 0.15) is 5.92 Å². The van der Waals surface area contributed by atoms with Crippen molar-refractivity contribution in [1.82, 2.24) is 4.90 Å². The van der Waals surface area contributed by atoms with Crippen molar-refractivity contribution < 1.29 is 14.7 Å². The summed E-state index contributed by atoms with van der Waals surface area (Å²) in [6, 6.07) is 0. The van der Waals surface area contributed by atoms with Gasteiger partial charge in [0, 0.05) is 13.1 Å². The van der Waals surface area contributed by atoms with E-state index in [1.807, 2.05) is 13.8 Å². The second-order valence-corrected chi connectivity index (χ2v) is 4.65. The smallest absolute Gasteiger partial charge is 0.316 e. The van der Waals surface area contributed by atoms with Crippen molar-refractivity contribution in [2.75, 3.05) is 13.1 Å². The van der Waals surface area contributed by atoms with Crippen molar-refractivity contribution in [1.29, 1.82) is 0 Å². The van der Waals surface area contributed by atoms with E-state index >= 15 is 0 Å². The number of hydrogen-bond donors (Lipinski definition) is 1. The first-order chi connectivity index (χ1) is 6.75. The van der Waals surface area contributed by atoms with Crippen LogP contribution in [0.5, 0.6) is 0 Å². The Morgan fingerprint density at radius 2 is 1.60 bits per heavy atom. The standard InChI is InChI=1S/C11H21NO3/c1-6-12(7-2)9(13)8(10(14)15)11(3,4)5/h8H,6-7H2,1-5H3,(H,14,15). The van der Waals surface area contributed by atoms with Gasteiger partial charge in [-0.3, -0.25) is 9.59 Å². The van der Waals surface area contributed by atoms with Crippen LogP contribution in [-0.4, -0.2) is 35.0 Å².